The molecule has 4 nitrogen and oxygen atoms in total. The number of nitrogens with zero attached hydrogens (tertiary/aromatic N) is 1. The van der Waals surface area contributed by atoms with Gasteiger partial charge in [0.2, 0.25) is 0 Å². The number of ether oxygens (including phenoxy) is 2. The highest BCUT2D eigenvalue weighted by molar-refractivity contribution is 5.11. The minimum absolute atomic E-state index is 0.708. The van der Waals surface area contributed by atoms with Crippen LogP contribution in [0.25, 0.3) is 0 Å². The Hall–Kier alpha value is -0.630. The third kappa shape index (κ3) is 2.62. The monoisotopic (exact) mass is 241 g/mol. The van der Waals surface area contributed by atoms with Gasteiger partial charge in [0.15, 0.2) is 6.29 Å². The summed E-state index contributed by atoms with van der Waals surface area (Å²) in [6, 6.07) is 2.34. The van der Waals surface area contributed by atoms with Crippen molar-refractivity contribution in [3.63, 3.8) is 0 Å². The largest absolute Gasteiger partial charge is 0.383 e. The van der Waals surface area contributed by atoms with Crippen molar-refractivity contribution in [3.05, 3.63) is 0 Å². The third-order valence-electron chi connectivity index (χ3n) is 4.03. The molecular formula is C13H23NO3. The van der Waals surface area contributed by atoms with E-state index in [1.807, 2.05) is 0 Å². The van der Waals surface area contributed by atoms with Gasteiger partial charge in [-0.25, -0.2) is 0 Å². The molecule has 0 aromatic carbocycles. The van der Waals surface area contributed by atoms with Crippen LogP contribution in [-0.2, 0) is 9.47 Å². The molecule has 0 aromatic rings. The van der Waals surface area contributed by atoms with Gasteiger partial charge in [-0.05, 0) is 19.8 Å². The van der Waals surface area contributed by atoms with Gasteiger partial charge >= 0.3 is 0 Å². The smallest absolute Gasteiger partial charge is 0.186 e. The highest BCUT2D eigenvalue weighted by atomic mass is 16.7. The summed E-state index contributed by atoms with van der Waals surface area (Å²) < 4.78 is 10.3. The molecule has 1 fully saturated rings. The molecule has 98 valence electrons. The second-order valence-corrected chi connectivity index (χ2v) is 5.06. The maximum atomic E-state index is 10.7. The van der Waals surface area contributed by atoms with Crippen LogP contribution in [0.5, 0.6) is 0 Å². The number of rotatable bonds is 4. The van der Waals surface area contributed by atoms with Gasteiger partial charge in [0.05, 0.1) is 11.5 Å². The van der Waals surface area contributed by atoms with E-state index < -0.39 is 17.3 Å². The fourth-order valence-corrected chi connectivity index (χ4v) is 2.84. The Kier molecular flexibility index (Phi) is 4.93. The number of hydrogen-bond donors (Lipinski definition) is 1. The predicted octanol–water partition coefficient (Wildman–Crippen LogP) is 2.22. The van der Waals surface area contributed by atoms with Crippen LogP contribution in [0.15, 0.2) is 0 Å². The van der Waals surface area contributed by atoms with E-state index in [2.05, 4.69) is 6.07 Å². The van der Waals surface area contributed by atoms with Crippen LogP contribution in [0.3, 0.4) is 0 Å². The van der Waals surface area contributed by atoms with Gasteiger partial charge in [0, 0.05) is 14.2 Å². The van der Waals surface area contributed by atoms with Crippen LogP contribution in [0, 0.1) is 16.7 Å². The Morgan fingerprint density at radius 2 is 1.65 bits per heavy atom. The van der Waals surface area contributed by atoms with E-state index >= 15 is 0 Å². The lowest BCUT2D eigenvalue weighted by molar-refractivity contribution is -0.243. The molecule has 1 aliphatic rings. The normalized spacial score (nSPS) is 23.8. The fourth-order valence-electron chi connectivity index (χ4n) is 2.84. The van der Waals surface area contributed by atoms with Crippen molar-refractivity contribution in [3.8, 4) is 6.07 Å². The molecule has 17 heavy (non-hydrogen) atoms. The fraction of sp³-hybridized carbons (Fsp3) is 0.923. The Balaban J connectivity index is 3.01. The van der Waals surface area contributed by atoms with Crippen molar-refractivity contribution in [1.29, 1.82) is 5.26 Å². The molecule has 1 unspecified atom stereocenters. The summed E-state index contributed by atoms with van der Waals surface area (Å²) in [5.41, 5.74) is -2.05. The molecule has 1 atom stereocenters. The molecule has 0 saturated heterocycles. The topological polar surface area (TPSA) is 62.5 Å². The van der Waals surface area contributed by atoms with E-state index in [9.17, 15) is 10.4 Å². The standard InChI is InChI=1S/C13H23NO3/c1-12(15,11(16-2)17-3)13(10-14)8-6-4-5-7-9-13/h11,15H,4-9H2,1-3H3. The summed E-state index contributed by atoms with van der Waals surface area (Å²) in [6.45, 7) is 1.65. The highest BCUT2D eigenvalue weighted by Gasteiger charge is 2.52. The molecule has 0 heterocycles. The SMILES string of the molecule is COC(OC)C(C)(O)C1(C#N)CCCCCC1. The summed E-state index contributed by atoms with van der Waals surface area (Å²) in [4.78, 5) is 0. The lowest BCUT2D eigenvalue weighted by atomic mass is 9.68. The first-order valence-electron chi connectivity index (χ1n) is 6.23. The maximum absolute atomic E-state index is 10.7. The first-order chi connectivity index (χ1) is 8.04. The van der Waals surface area contributed by atoms with Gasteiger partial charge in [-0.1, -0.05) is 25.7 Å². The molecule has 1 N–H and O–H groups in total. The van der Waals surface area contributed by atoms with Crippen molar-refractivity contribution < 1.29 is 14.6 Å². The van der Waals surface area contributed by atoms with Crippen molar-refractivity contribution in [2.24, 2.45) is 5.41 Å². The summed E-state index contributed by atoms with van der Waals surface area (Å²) in [5, 5.41) is 20.2. The molecule has 0 radical (unpaired) electrons. The molecule has 0 spiro atoms. The van der Waals surface area contributed by atoms with Gasteiger partial charge in [-0.15, -0.1) is 0 Å². The van der Waals surface area contributed by atoms with Crippen LogP contribution in [0.2, 0.25) is 0 Å². The Morgan fingerprint density at radius 1 is 1.18 bits per heavy atom. The molecule has 4 heteroatoms. The van der Waals surface area contributed by atoms with Gasteiger partial charge < -0.3 is 14.6 Å². The molecule has 0 aliphatic heterocycles. The zero-order valence-electron chi connectivity index (χ0n) is 11.0. The van der Waals surface area contributed by atoms with Gasteiger partial charge in [-0.3, -0.25) is 0 Å². The van der Waals surface area contributed by atoms with E-state index in [1.165, 1.54) is 14.2 Å². The minimum Gasteiger partial charge on any atom is -0.383 e. The average molecular weight is 241 g/mol. The third-order valence-corrected chi connectivity index (χ3v) is 4.03. The van der Waals surface area contributed by atoms with Crippen molar-refractivity contribution >= 4 is 0 Å². The second-order valence-electron chi connectivity index (χ2n) is 5.06. The van der Waals surface area contributed by atoms with Crippen molar-refractivity contribution in [1.82, 2.24) is 0 Å². The van der Waals surface area contributed by atoms with E-state index in [1.54, 1.807) is 6.92 Å². The summed E-state index contributed by atoms with van der Waals surface area (Å²) in [6.07, 6.45) is 4.86. The van der Waals surface area contributed by atoms with Crippen LogP contribution < -0.4 is 0 Å². The zero-order valence-corrected chi connectivity index (χ0v) is 11.0. The van der Waals surface area contributed by atoms with Crippen molar-refractivity contribution in [2.45, 2.75) is 57.3 Å². The van der Waals surface area contributed by atoms with E-state index in [4.69, 9.17) is 9.47 Å². The van der Waals surface area contributed by atoms with Crippen LogP contribution in [-0.4, -0.2) is 31.2 Å². The van der Waals surface area contributed by atoms with Gasteiger partial charge in [-0.2, -0.15) is 5.26 Å². The average Bonchev–Trinajstić information content (AvgIpc) is 2.56. The van der Waals surface area contributed by atoms with E-state index in [0.29, 0.717) is 12.8 Å². The first kappa shape index (κ1) is 14.4. The Labute approximate surface area is 104 Å². The summed E-state index contributed by atoms with van der Waals surface area (Å²) in [5.74, 6) is 0. The molecular weight excluding hydrogens is 218 g/mol. The van der Waals surface area contributed by atoms with E-state index in [0.717, 1.165) is 25.7 Å². The quantitative estimate of drug-likeness (QED) is 0.605. The summed E-state index contributed by atoms with van der Waals surface area (Å²) >= 11 is 0. The van der Waals surface area contributed by atoms with Crippen LogP contribution in [0.1, 0.15) is 45.4 Å². The maximum Gasteiger partial charge on any atom is 0.186 e. The molecule has 1 rings (SSSR count). The number of methoxy groups -OCH3 is 2. The predicted molar refractivity (Wildman–Crippen MR) is 64.2 cm³/mol. The van der Waals surface area contributed by atoms with Gasteiger partial charge in [0.25, 0.3) is 0 Å². The highest BCUT2D eigenvalue weighted by Crippen LogP contribution is 2.45. The zero-order chi connectivity index (χ0) is 12.9. The van der Waals surface area contributed by atoms with Crippen LogP contribution >= 0.6 is 0 Å². The molecule has 0 amide bonds. The molecule has 1 saturated carbocycles. The number of aliphatic hydroxyl groups is 1. The summed E-state index contributed by atoms with van der Waals surface area (Å²) in [7, 11) is 2.98. The molecule has 0 aromatic heterocycles. The minimum atomic E-state index is -1.28. The lowest BCUT2D eigenvalue weighted by Gasteiger charge is -2.43. The van der Waals surface area contributed by atoms with Crippen molar-refractivity contribution in [2.75, 3.05) is 14.2 Å². The number of nitriles is 1. The second kappa shape index (κ2) is 5.81. The van der Waals surface area contributed by atoms with E-state index in [-0.39, 0.29) is 0 Å². The molecule has 1 aliphatic carbocycles. The molecule has 0 bridgehead atoms. The van der Waals surface area contributed by atoms with Crippen LogP contribution in [0.4, 0.5) is 0 Å². The van der Waals surface area contributed by atoms with Gasteiger partial charge in [0.1, 0.15) is 5.60 Å². The lowest BCUT2D eigenvalue weighted by Crippen LogP contribution is -2.55. The number of hydrogen-bond acceptors (Lipinski definition) is 4. The Morgan fingerprint density at radius 3 is 2.00 bits per heavy atom. The first-order valence-corrected chi connectivity index (χ1v) is 6.23. The Bertz CT molecular complexity index is 271.